The van der Waals surface area contributed by atoms with Crippen molar-refractivity contribution in [3.05, 3.63) is 17.2 Å². The van der Waals surface area contributed by atoms with Crippen molar-refractivity contribution in [1.29, 1.82) is 0 Å². The maximum absolute atomic E-state index is 11.7. The van der Waals surface area contributed by atoms with Crippen molar-refractivity contribution in [3.63, 3.8) is 0 Å². The van der Waals surface area contributed by atoms with Crippen LogP contribution in [-0.2, 0) is 5.75 Å². The first kappa shape index (κ1) is 11.1. The molecule has 0 aromatic heterocycles. The Hall–Kier alpha value is -1.36. The van der Waals surface area contributed by atoms with Crippen LogP contribution in [-0.4, -0.2) is 26.4 Å². The molecule has 16 heavy (non-hydrogen) atoms. The SMILES string of the molecule is COc1cc2c(c(OC)c1OC)C(=O)SC2. The molecule has 86 valence electrons. The lowest BCUT2D eigenvalue weighted by Crippen LogP contribution is -2.01. The lowest BCUT2D eigenvalue weighted by molar-refractivity contribution is 0.108. The minimum Gasteiger partial charge on any atom is -0.493 e. The summed E-state index contributed by atoms with van der Waals surface area (Å²) in [5.41, 5.74) is 1.54. The van der Waals surface area contributed by atoms with Crippen LogP contribution in [0.4, 0.5) is 0 Å². The van der Waals surface area contributed by atoms with Gasteiger partial charge in [-0.2, -0.15) is 0 Å². The second kappa shape index (κ2) is 4.25. The summed E-state index contributed by atoms with van der Waals surface area (Å²) < 4.78 is 15.7. The van der Waals surface area contributed by atoms with Crippen LogP contribution >= 0.6 is 11.8 Å². The molecule has 0 aliphatic carbocycles. The molecule has 0 fully saturated rings. The van der Waals surface area contributed by atoms with Gasteiger partial charge in [0.1, 0.15) is 0 Å². The van der Waals surface area contributed by atoms with Crippen molar-refractivity contribution in [2.24, 2.45) is 0 Å². The number of fused-ring (bicyclic) bond motifs is 1. The molecule has 1 aromatic carbocycles. The molecule has 0 bridgehead atoms. The summed E-state index contributed by atoms with van der Waals surface area (Å²) in [4.78, 5) is 11.7. The molecular weight excluding hydrogens is 228 g/mol. The average molecular weight is 240 g/mol. The van der Waals surface area contributed by atoms with E-state index in [1.807, 2.05) is 6.07 Å². The largest absolute Gasteiger partial charge is 0.493 e. The second-order valence-corrected chi connectivity index (χ2v) is 4.20. The van der Waals surface area contributed by atoms with Gasteiger partial charge in [0, 0.05) is 5.75 Å². The zero-order valence-corrected chi connectivity index (χ0v) is 10.1. The Labute approximate surface area is 97.9 Å². The van der Waals surface area contributed by atoms with E-state index in [0.717, 1.165) is 5.56 Å². The molecule has 0 unspecified atom stereocenters. The third-order valence-corrected chi connectivity index (χ3v) is 3.40. The van der Waals surface area contributed by atoms with Gasteiger partial charge >= 0.3 is 0 Å². The molecule has 0 saturated carbocycles. The molecule has 1 aliphatic heterocycles. The molecule has 0 N–H and O–H groups in total. The summed E-state index contributed by atoms with van der Waals surface area (Å²) in [5, 5.41) is 0.0211. The van der Waals surface area contributed by atoms with E-state index in [4.69, 9.17) is 14.2 Å². The fourth-order valence-electron chi connectivity index (χ4n) is 1.76. The summed E-state index contributed by atoms with van der Waals surface area (Å²) in [5.74, 6) is 2.19. The van der Waals surface area contributed by atoms with Crippen LogP contribution in [0.25, 0.3) is 0 Å². The third-order valence-electron chi connectivity index (χ3n) is 2.47. The van der Waals surface area contributed by atoms with Crippen LogP contribution in [0.5, 0.6) is 17.2 Å². The van der Waals surface area contributed by atoms with E-state index in [1.54, 1.807) is 7.11 Å². The summed E-state index contributed by atoms with van der Waals surface area (Å²) in [6, 6.07) is 1.83. The number of rotatable bonds is 3. The van der Waals surface area contributed by atoms with Gasteiger partial charge in [-0.1, -0.05) is 11.8 Å². The molecule has 0 radical (unpaired) electrons. The fourth-order valence-corrected chi connectivity index (χ4v) is 2.64. The van der Waals surface area contributed by atoms with E-state index >= 15 is 0 Å². The molecule has 4 nitrogen and oxygen atoms in total. The first-order chi connectivity index (χ1) is 7.72. The third kappa shape index (κ3) is 1.51. The zero-order valence-electron chi connectivity index (χ0n) is 9.33. The van der Waals surface area contributed by atoms with Gasteiger partial charge < -0.3 is 14.2 Å². The molecular formula is C11H12O4S. The highest BCUT2D eigenvalue weighted by atomic mass is 32.2. The molecule has 2 rings (SSSR count). The maximum atomic E-state index is 11.7. The molecule has 0 saturated heterocycles. The summed E-state index contributed by atoms with van der Waals surface area (Å²) in [7, 11) is 4.61. The van der Waals surface area contributed by atoms with Gasteiger partial charge in [0.2, 0.25) is 10.9 Å². The number of thioether (sulfide) groups is 1. The number of ether oxygens (including phenoxy) is 3. The predicted molar refractivity (Wildman–Crippen MR) is 61.7 cm³/mol. The lowest BCUT2D eigenvalue weighted by atomic mass is 10.1. The summed E-state index contributed by atoms with van der Waals surface area (Å²) in [6.07, 6.45) is 0. The minimum absolute atomic E-state index is 0.0211. The van der Waals surface area contributed by atoms with Crippen LogP contribution in [0.3, 0.4) is 0 Å². The maximum Gasteiger partial charge on any atom is 0.223 e. The van der Waals surface area contributed by atoms with E-state index in [1.165, 1.54) is 26.0 Å². The Morgan fingerprint density at radius 2 is 1.81 bits per heavy atom. The van der Waals surface area contributed by atoms with Crippen LogP contribution in [0, 0.1) is 0 Å². The van der Waals surface area contributed by atoms with E-state index < -0.39 is 0 Å². The number of hydrogen-bond donors (Lipinski definition) is 0. The molecule has 5 heteroatoms. The summed E-state index contributed by atoms with van der Waals surface area (Å²) >= 11 is 1.26. The number of hydrogen-bond acceptors (Lipinski definition) is 5. The normalized spacial score (nSPS) is 13.6. The van der Waals surface area contributed by atoms with Crippen molar-refractivity contribution in [2.45, 2.75) is 5.75 Å². The predicted octanol–water partition coefficient (Wildman–Crippen LogP) is 2.10. The smallest absolute Gasteiger partial charge is 0.223 e. The topological polar surface area (TPSA) is 44.8 Å². The van der Waals surface area contributed by atoms with Crippen molar-refractivity contribution in [3.8, 4) is 17.2 Å². The molecule has 1 aromatic rings. The van der Waals surface area contributed by atoms with E-state index in [-0.39, 0.29) is 5.12 Å². The van der Waals surface area contributed by atoms with Gasteiger partial charge in [0.15, 0.2) is 11.5 Å². The zero-order chi connectivity index (χ0) is 11.7. The van der Waals surface area contributed by atoms with Crippen LogP contribution in [0.15, 0.2) is 6.07 Å². The minimum atomic E-state index is 0.0211. The van der Waals surface area contributed by atoms with Crippen LogP contribution < -0.4 is 14.2 Å². The number of carbonyl (C=O) groups is 1. The van der Waals surface area contributed by atoms with Crippen molar-refractivity contribution >= 4 is 16.9 Å². The Morgan fingerprint density at radius 3 is 2.38 bits per heavy atom. The van der Waals surface area contributed by atoms with Gasteiger partial charge in [-0.05, 0) is 11.6 Å². The van der Waals surface area contributed by atoms with Gasteiger partial charge in [-0.25, -0.2) is 0 Å². The van der Waals surface area contributed by atoms with Crippen molar-refractivity contribution in [2.75, 3.05) is 21.3 Å². The standard InChI is InChI=1S/C11H12O4S/c1-13-7-4-6-5-16-11(12)8(6)10(15-3)9(7)14-2/h4H,5H2,1-3H3. The number of methoxy groups -OCH3 is 3. The fraction of sp³-hybridized carbons (Fsp3) is 0.364. The molecule has 0 atom stereocenters. The van der Waals surface area contributed by atoms with Crippen LogP contribution in [0.1, 0.15) is 15.9 Å². The number of carbonyl (C=O) groups excluding carboxylic acids is 1. The highest BCUT2D eigenvalue weighted by molar-refractivity contribution is 8.13. The summed E-state index contributed by atoms with van der Waals surface area (Å²) in [6.45, 7) is 0. The molecule has 0 spiro atoms. The highest BCUT2D eigenvalue weighted by Gasteiger charge is 2.29. The Balaban J connectivity index is 2.70. The van der Waals surface area contributed by atoms with E-state index in [2.05, 4.69) is 0 Å². The number of benzene rings is 1. The van der Waals surface area contributed by atoms with E-state index in [0.29, 0.717) is 28.6 Å². The second-order valence-electron chi connectivity index (χ2n) is 3.26. The van der Waals surface area contributed by atoms with Gasteiger partial charge in [0.05, 0.1) is 26.9 Å². The van der Waals surface area contributed by atoms with E-state index in [9.17, 15) is 4.79 Å². The Morgan fingerprint density at radius 1 is 1.12 bits per heavy atom. The quantitative estimate of drug-likeness (QED) is 0.809. The highest BCUT2D eigenvalue weighted by Crippen LogP contribution is 2.47. The Kier molecular flexibility index (Phi) is 2.96. The van der Waals surface area contributed by atoms with Gasteiger partial charge in [-0.15, -0.1) is 0 Å². The average Bonchev–Trinajstić information content (AvgIpc) is 2.68. The molecule has 1 heterocycles. The van der Waals surface area contributed by atoms with Crippen molar-refractivity contribution < 1.29 is 19.0 Å². The van der Waals surface area contributed by atoms with Crippen molar-refractivity contribution in [1.82, 2.24) is 0 Å². The molecule has 1 aliphatic rings. The first-order valence-electron chi connectivity index (χ1n) is 4.71. The van der Waals surface area contributed by atoms with Gasteiger partial charge in [0.25, 0.3) is 0 Å². The monoisotopic (exact) mass is 240 g/mol. The molecule has 0 amide bonds. The first-order valence-corrected chi connectivity index (χ1v) is 5.70. The Bertz CT molecular complexity index is 442. The van der Waals surface area contributed by atoms with Crippen LogP contribution in [0.2, 0.25) is 0 Å². The lowest BCUT2D eigenvalue weighted by Gasteiger charge is -2.14. The van der Waals surface area contributed by atoms with Gasteiger partial charge in [-0.3, -0.25) is 4.79 Å².